The maximum Gasteiger partial charge on any atom is 0.175 e. The summed E-state index contributed by atoms with van der Waals surface area (Å²) in [5.41, 5.74) is 6.76. The second-order valence-corrected chi connectivity index (χ2v) is 6.24. The van der Waals surface area contributed by atoms with Crippen LogP contribution in [0.1, 0.15) is 12.1 Å². The molecular weight excluding hydrogens is 304 g/mol. The van der Waals surface area contributed by atoms with E-state index in [0.29, 0.717) is 23.9 Å². The summed E-state index contributed by atoms with van der Waals surface area (Å²) in [6, 6.07) is 1.77. The molecule has 8 nitrogen and oxygen atoms in total. The molecule has 0 unspecified atom stereocenters. The van der Waals surface area contributed by atoms with Crippen molar-refractivity contribution < 1.29 is 0 Å². The lowest BCUT2D eigenvalue weighted by atomic mass is 10.2. The van der Waals surface area contributed by atoms with E-state index in [9.17, 15) is 0 Å². The Hall–Kier alpha value is -2.19. The molecule has 24 heavy (non-hydrogen) atoms. The largest absolute Gasteiger partial charge is 0.387 e. The van der Waals surface area contributed by atoms with Crippen molar-refractivity contribution in [3.8, 4) is 0 Å². The number of aliphatic imine (C=N–C) groups is 1. The molecular formula is C16H28N8. The van der Waals surface area contributed by atoms with E-state index in [0.717, 1.165) is 45.0 Å². The van der Waals surface area contributed by atoms with Gasteiger partial charge in [0.2, 0.25) is 0 Å². The summed E-state index contributed by atoms with van der Waals surface area (Å²) in [4.78, 5) is 10.9. The van der Waals surface area contributed by atoms with Gasteiger partial charge in [-0.15, -0.1) is 0 Å². The first-order chi connectivity index (χ1) is 11.5. The number of amidine groups is 2. The van der Waals surface area contributed by atoms with Crippen LogP contribution in [0.4, 0.5) is 5.82 Å². The second kappa shape index (κ2) is 8.60. The summed E-state index contributed by atoms with van der Waals surface area (Å²) < 4.78 is 0. The Morgan fingerprint density at radius 2 is 2.17 bits per heavy atom. The van der Waals surface area contributed by atoms with Gasteiger partial charge in [0.05, 0.1) is 12.1 Å². The van der Waals surface area contributed by atoms with E-state index in [1.807, 2.05) is 0 Å². The molecule has 0 saturated carbocycles. The zero-order valence-corrected chi connectivity index (χ0v) is 14.6. The standard InChI is InChI=1S/C16H28N8/c1-4-13-11-16(21-20-13)19-14(17)12-15(18)24-9-7-23(8-10-24)6-5-22(2)3/h4,11,18H,1,5-10,12H2,2-3H3,(H3,17,19,20,21). The molecule has 2 heterocycles. The molecule has 0 radical (unpaired) electrons. The highest BCUT2D eigenvalue weighted by atomic mass is 15.3. The first kappa shape index (κ1) is 18.2. The highest BCUT2D eigenvalue weighted by Crippen LogP contribution is 2.11. The minimum atomic E-state index is 0.341. The molecule has 1 aromatic rings. The SMILES string of the molecule is C=Cc1cc(N=C(N)CC(=N)N2CCN(CCN(C)C)CC2)n[nH]1. The number of hydrogen-bond acceptors (Lipinski definition) is 5. The van der Waals surface area contributed by atoms with Gasteiger partial charge >= 0.3 is 0 Å². The van der Waals surface area contributed by atoms with Crippen LogP contribution in [0, 0.1) is 5.41 Å². The third kappa shape index (κ3) is 5.47. The van der Waals surface area contributed by atoms with E-state index in [1.54, 1.807) is 12.1 Å². The van der Waals surface area contributed by atoms with Gasteiger partial charge < -0.3 is 15.5 Å². The fraction of sp³-hybridized carbons (Fsp3) is 0.562. The summed E-state index contributed by atoms with van der Waals surface area (Å²) in [6.45, 7) is 9.49. The third-order valence-electron chi connectivity index (χ3n) is 4.03. The topological polar surface area (TPSA) is 101 Å². The van der Waals surface area contributed by atoms with Crippen molar-refractivity contribution in [1.82, 2.24) is 24.9 Å². The molecule has 132 valence electrons. The highest BCUT2D eigenvalue weighted by Gasteiger charge is 2.19. The van der Waals surface area contributed by atoms with Gasteiger partial charge in [-0.2, -0.15) is 5.10 Å². The number of aromatic amines is 1. The second-order valence-electron chi connectivity index (χ2n) is 6.24. The van der Waals surface area contributed by atoms with Crippen LogP contribution in [-0.2, 0) is 0 Å². The number of piperazine rings is 1. The molecule has 1 aliphatic heterocycles. The Morgan fingerprint density at radius 3 is 2.75 bits per heavy atom. The Labute approximate surface area is 143 Å². The van der Waals surface area contributed by atoms with Crippen molar-refractivity contribution in [3.63, 3.8) is 0 Å². The number of likely N-dealkylation sites (N-methyl/N-ethyl adjacent to an activating group) is 1. The Kier molecular flexibility index (Phi) is 6.51. The molecule has 8 heteroatoms. The molecule has 0 aromatic carbocycles. The molecule has 1 fully saturated rings. The number of H-pyrrole nitrogens is 1. The van der Waals surface area contributed by atoms with Crippen molar-refractivity contribution >= 4 is 23.6 Å². The van der Waals surface area contributed by atoms with Gasteiger partial charge in [0.15, 0.2) is 5.82 Å². The van der Waals surface area contributed by atoms with Crippen LogP contribution in [0.2, 0.25) is 0 Å². The maximum absolute atomic E-state index is 8.25. The van der Waals surface area contributed by atoms with E-state index in [1.165, 1.54) is 0 Å². The van der Waals surface area contributed by atoms with Crippen LogP contribution >= 0.6 is 0 Å². The average Bonchev–Trinajstić information content (AvgIpc) is 3.00. The smallest absolute Gasteiger partial charge is 0.175 e. The minimum Gasteiger partial charge on any atom is -0.387 e. The lowest BCUT2D eigenvalue weighted by Crippen LogP contribution is -2.50. The van der Waals surface area contributed by atoms with Crippen molar-refractivity contribution in [2.45, 2.75) is 6.42 Å². The van der Waals surface area contributed by atoms with Crippen LogP contribution in [-0.4, -0.2) is 89.9 Å². The van der Waals surface area contributed by atoms with Crippen molar-refractivity contribution in [1.29, 1.82) is 5.41 Å². The quantitative estimate of drug-likeness (QED) is 0.501. The summed E-state index contributed by atoms with van der Waals surface area (Å²) >= 11 is 0. The first-order valence-electron chi connectivity index (χ1n) is 8.18. The number of aromatic nitrogens is 2. The van der Waals surface area contributed by atoms with E-state index in [2.05, 4.69) is 50.6 Å². The van der Waals surface area contributed by atoms with Gasteiger partial charge in [-0.25, -0.2) is 4.99 Å². The van der Waals surface area contributed by atoms with E-state index in [-0.39, 0.29) is 0 Å². The molecule has 1 aliphatic rings. The van der Waals surface area contributed by atoms with Gasteiger partial charge in [-0.1, -0.05) is 6.58 Å². The summed E-state index contributed by atoms with van der Waals surface area (Å²) in [7, 11) is 4.18. The van der Waals surface area contributed by atoms with Gasteiger partial charge in [-0.3, -0.25) is 15.4 Å². The number of hydrogen-bond donors (Lipinski definition) is 3. The number of nitrogens with two attached hydrogens (primary N) is 1. The summed E-state index contributed by atoms with van der Waals surface area (Å²) in [5, 5.41) is 15.1. The molecule has 0 bridgehead atoms. The summed E-state index contributed by atoms with van der Waals surface area (Å²) in [5.74, 6) is 1.43. The van der Waals surface area contributed by atoms with Crippen molar-refractivity contribution in [2.75, 3.05) is 53.4 Å². The van der Waals surface area contributed by atoms with Gasteiger partial charge in [0.1, 0.15) is 11.7 Å². The Morgan fingerprint density at radius 1 is 1.46 bits per heavy atom. The van der Waals surface area contributed by atoms with E-state index in [4.69, 9.17) is 11.1 Å². The normalized spacial score (nSPS) is 16.6. The summed E-state index contributed by atoms with van der Waals surface area (Å²) in [6.07, 6.45) is 2.01. The third-order valence-corrected chi connectivity index (χ3v) is 4.03. The maximum atomic E-state index is 8.25. The van der Waals surface area contributed by atoms with Gasteiger partial charge in [-0.05, 0) is 20.2 Å². The van der Waals surface area contributed by atoms with Crippen LogP contribution in [0.15, 0.2) is 17.6 Å². The predicted molar refractivity (Wildman–Crippen MR) is 98.9 cm³/mol. The van der Waals surface area contributed by atoms with Crippen LogP contribution in [0.5, 0.6) is 0 Å². The number of nitrogens with zero attached hydrogens (tertiary/aromatic N) is 5. The molecule has 0 spiro atoms. The van der Waals surface area contributed by atoms with Crippen molar-refractivity contribution in [2.24, 2.45) is 10.7 Å². The number of nitrogens with one attached hydrogen (secondary N) is 2. The fourth-order valence-electron chi connectivity index (χ4n) is 2.54. The predicted octanol–water partition coefficient (Wildman–Crippen LogP) is 0.588. The molecule has 1 saturated heterocycles. The molecule has 0 amide bonds. The van der Waals surface area contributed by atoms with Crippen LogP contribution < -0.4 is 5.73 Å². The van der Waals surface area contributed by atoms with Crippen LogP contribution in [0.3, 0.4) is 0 Å². The zero-order chi connectivity index (χ0) is 17.5. The van der Waals surface area contributed by atoms with Gasteiger partial charge in [0, 0.05) is 45.3 Å². The fourth-order valence-corrected chi connectivity index (χ4v) is 2.54. The minimum absolute atomic E-state index is 0.341. The van der Waals surface area contributed by atoms with E-state index < -0.39 is 0 Å². The molecule has 2 rings (SSSR count). The molecule has 1 aromatic heterocycles. The number of rotatable bonds is 7. The molecule has 0 aliphatic carbocycles. The highest BCUT2D eigenvalue weighted by molar-refractivity contribution is 6.01. The molecule has 0 atom stereocenters. The zero-order valence-electron chi connectivity index (χ0n) is 14.6. The Balaban J connectivity index is 1.79. The van der Waals surface area contributed by atoms with E-state index >= 15 is 0 Å². The first-order valence-corrected chi connectivity index (χ1v) is 8.18. The molecule has 4 N–H and O–H groups in total. The average molecular weight is 332 g/mol. The van der Waals surface area contributed by atoms with Gasteiger partial charge in [0.25, 0.3) is 0 Å². The van der Waals surface area contributed by atoms with Crippen molar-refractivity contribution in [3.05, 3.63) is 18.3 Å². The monoisotopic (exact) mass is 332 g/mol. The Bertz CT molecular complexity index is 581. The van der Waals surface area contributed by atoms with Crippen LogP contribution in [0.25, 0.3) is 6.08 Å². The lowest BCUT2D eigenvalue weighted by molar-refractivity contribution is 0.168. The lowest BCUT2D eigenvalue weighted by Gasteiger charge is -2.36.